The molecule has 11 heterocycles. The van der Waals surface area contributed by atoms with Crippen molar-refractivity contribution < 1.29 is 51.1 Å². The standard InChI is InChI=1S/C20H24ClFN4O3Si.C14H10ClFN4O2.C13H10ClFN4O3.C13H12ClFN4O.C4HCl2N3O2/c1-30(2,3)10-9-28-12-25-16-11-23-19(21)24-18(16)26(20(25)27)15-7-8-29-17-13(15)5-4-6-14(17)22;15-13-17-6-9-12(19-13)20(14(21)18-9)10-4-5-22-11-7(10)2-1-3-8(11)16;14-13-16-6-10(19(20)21)12(18-13)17-9-4-5-22-11-7(9)2-1-3-8(11)15;14-13-17-6-9(16)12(19-13)18-10-4-5-20-11-7(10)2-1-3-8(11)15;5-3-2(9(10)11)1-7-4(6)8-3/h4-6,11,15H,7-10,12H2,1-3H3;1-3,6,10H,4-5H2,(H,18,21);1-3,6,9H,4-5H2,(H,16,17,18);1-3,6,10H,4-5,16H2,(H,17,18,19);1H. The number of hydrogen-bond acceptors (Lipinski definition) is 24. The molecule has 0 fully saturated rings. The van der Waals surface area contributed by atoms with E-state index in [9.17, 15) is 47.4 Å². The number of H-pyrrole nitrogens is 1. The van der Waals surface area contributed by atoms with Gasteiger partial charge in [-0.3, -0.25) is 33.9 Å². The number of nitro groups is 2. The third kappa shape index (κ3) is 17.8. The van der Waals surface area contributed by atoms with Gasteiger partial charge < -0.3 is 45.0 Å². The van der Waals surface area contributed by atoms with E-state index < -0.39 is 41.4 Å². The Morgan fingerprint density at radius 2 is 0.990 bits per heavy atom. The fourth-order valence-electron chi connectivity index (χ4n) is 11.4. The number of nitrogens with one attached hydrogen (secondary N) is 3. The number of benzene rings is 4. The SMILES string of the molecule is C[Si](C)(C)CCOCn1c(=O)n(C2CCOc3c(F)cccc32)c2nc(Cl)ncc21.Nc1cnc(Cl)nc1NC1CCOc2c(F)cccc21.O=[N+]([O-])c1cnc(Cl)nc1Cl.O=[N+]([O-])c1cnc(Cl)nc1NC1CCOc2c(F)cccc21.O=c1[nH]c2cnc(Cl)nc2n1C1CCOc2c(F)cccc21. The van der Waals surface area contributed by atoms with Gasteiger partial charge in [0.05, 0.1) is 84.7 Å². The first-order chi connectivity index (χ1) is 50.2. The van der Waals surface area contributed by atoms with Crippen molar-refractivity contribution in [2.75, 3.05) is 49.4 Å². The highest BCUT2D eigenvalue weighted by Crippen LogP contribution is 2.42. The number of rotatable bonds is 13. The quantitative estimate of drug-likeness (QED) is 0.0158. The van der Waals surface area contributed by atoms with Gasteiger partial charge in [0, 0.05) is 62.6 Å². The first-order valence-electron chi connectivity index (χ1n) is 31.5. The van der Waals surface area contributed by atoms with Crippen molar-refractivity contribution in [3.8, 4) is 23.0 Å². The van der Waals surface area contributed by atoms with E-state index in [1.807, 2.05) is 6.07 Å². The summed E-state index contributed by atoms with van der Waals surface area (Å²) in [6.07, 6.45) is 8.63. The molecule has 0 bridgehead atoms. The minimum atomic E-state index is -1.25. The molecule has 105 heavy (non-hydrogen) atoms. The molecule has 7 aromatic heterocycles. The molecule has 4 unspecified atom stereocenters. The monoisotopic (exact) mass is 1580 g/mol. The van der Waals surface area contributed by atoms with Crippen LogP contribution in [0.5, 0.6) is 23.0 Å². The molecule has 15 rings (SSSR count). The molecule has 4 aliphatic heterocycles. The van der Waals surface area contributed by atoms with Crippen molar-refractivity contribution in [2.24, 2.45) is 0 Å². The van der Waals surface area contributed by atoms with Gasteiger partial charge >= 0.3 is 22.8 Å². The van der Waals surface area contributed by atoms with Crippen LogP contribution in [0.2, 0.25) is 57.3 Å². The van der Waals surface area contributed by atoms with Crippen molar-refractivity contribution in [3.63, 3.8) is 0 Å². The minimum absolute atomic E-state index is 0.00730. The molecule has 548 valence electrons. The van der Waals surface area contributed by atoms with E-state index in [-0.39, 0.29) is 120 Å². The lowest BCUT2D eigenvalue weighted by Gasteiger charge is -2.27. The molecule has 4 aliphatic rings. The highest BCUT2D eigenvalue weighted by molar-refractivity contribution is 6.76. The fourth-order valence-corrected chi connectivity index (χ4v) is 13.0. The molecule has 4 aromatic carbocycles. The summed E-state index contributed by atoms with van der Waals surface area (Å²) in [7, 11) is -1.25. The van der Waals surface area contributed by atoms with Crippen molar-refractivity contribution >= 4 is 129 Å². The van der Waals surface area contributed by atoms with Crippen LogP contribution in [0.3, 0.4) is 0 Å². The van der Waals surface area contributed by atoms with Crippen LogP contribution in [0.25, 0.3) is 22.3 Å². The van der Waals surface area contributed by atoms with Crippen molar-refractivity contribution in [1.29, 1.82) is 0 Å². The molecule has 11 aromatic rings. The topological polar surface area (TPSA) is 376 Å². The number of nitrogens with zero attached hydrogens (tertiary/aromatic N) is 15. The third-order valence-electron chi connectivity index (χ3n) is 16.2. The Morgan fingerprint density at radius 1 is 0.562 bits per heavy atom. The van der Waals surface area contributed by atoms with Crippen LogP contribution in [0, 0.1) is 43.5 Å². The van der Waals surface area contributed by atoms with Gasteiger partial charge in [-0.05, 0) is 88.3 Å². The second kappa shape index (κ2) is 33.3. The lowest BCUT2D eigenvalue weighted by molar-refractivity contribution is -0.385. The number of aromatic amines is 1. The van der Waals surface area contributed by atoms with Crippen LogP contribution in [-0.4, -0.2) is 119 Å². The molecule has 4 atom stereocenters. The number of nitrogen functional groups attached to an aromatic ring is 1. The van der Waals surface area contributed by atoms with Crippen molar-refractivity contribution in [1.82, 2.24) is 68.5 Å². The van der Waals surface area contributed by atoms with Gasteiger partial charge in [0.25, 0.3) is 0 Å². The van der Waals surface area contributed by atoms with Crippen molar-refractivity contribution in [2.45, 2.75) is 82.3 Å². The summed E-state index contributed by atoms with van der Waals surface area (Å²) >= 11 is 34.0. The van der Waals surface area contributed by atoms with E-state index in [0.29, 0.717) is 103 Å². The highest BCUT2D eigenvalue weighted by Gasteiger charge is 2.33. The predicted molar refractivity (Wildman–Crippen MR) is 383 cm³/mol. The van der Waals surface area contributed by atoms with E-state index in [1.54, 1.807) is 47.0 Å². The lowest BCUT2D eigenvalue weighted by Crippen LogP contribution is -2.32. The molecule has 0 amide bonds. The molecule has 0 saturated carbocycles. The maximum absolute atomic E-state index is 14.3. The van der Waals surface area contributed by atoms with Crippen LogP contribution in [-0.2, 0) is 11.5 Å². The van der Waals surface area contributed by atoms with Gasteiger partial charge in [-0.2, -0.15) is 24.9 Å². The summed E-state index contributed by atoms with van der Waals surface area (Å²) in [5.74, 6) is -0.530. The molecule has 0 radical (unpaired) electrons. The van der Waals surface area contributed by atoms with Crippen molar-refractivity contribution in [3.05, 3.63) is 222 Å². The number of halogens is 10. The maximum atomic E-state index is 14.3. The average molecular weight is 1590 g/mol. The number of aromatic nitrogens is 14. The van der Waals surface area contributed by atoms with Gasteiger partial charge in [0.15, 0.2) is 63.4 Å². The summed E-state index contributed by atoms with van der Waals surface area (Å²) < 4.78 is 87.6. The number of hydrogen-bond donors (Lipinski definition) is 4. The van der Waals surface area contributed by atoms with Gasteiger partial charge in [0.2, 0.25) is 37.4 Å². The molecular formula is C64H57Cl6F4N19O11Si. The highest BCUT2D eigenvalue weighted by atomic mass is 35.5. The Balaban J connectivity index is 0.000000135. The van der Waals surface area contributed by atoms with E-state index in [0.717, 1.165) is 24.0 Å². The summed E-state index contributed by atoms with van der Waals surface area (Å²) in [5, 5.41) is 27.0. The number of para-hydroxylation sites is 4. The Morgan fingerprint density at radius 3 is 1.51 bits per heavy atom. The van der Waals surface area contributed by atoms with Crippen LogP contribution >= 0.6 is 69.6 Å². The largest absolute Gasteiger partial charge is 0.490 e. The summed E-state index contributed by atoms with van der Waals surface area (Å²) in [4.78, 5) is 86.6. The smallest absolute Gasteiger partial charge is 0.332 e. The number of imidazole rings is 2. The summed E-state index contributed by atoms with van der Waals surface area (Å²) in [6, 6.07) is 18.5. The zero-order valence-corrected chi connectivity index (χ0v) is 60.5. The van der Waals surface area contributed by atoms with Crippen LogP contribution in [0.4, 0.5) is 46.3 Å². The third-order valence-corrected chi connectivity index (χ3v) is 19.1. The Bertz CT molecular complexity index is 5200. The van der Waals surface area contributed by atoms with Crippen LogP contribution < -0.4 is 46.7 Å². The van der Waals surface area contributed by atoms with E-state index in [1.165, 1.54) is 52.0 Å². The second-order valence-electron chi connectivity index (χ2n) is 24.2. The molecule has 0 saturated heterocycles. The van der Waals surface area contributed by atoms with Gasteiger partial charge in [-0.15, -0.1) is 0 Å². The number of fused-ring (bicyclic) bond motifs is 6. The normalized spacial score (nSPS) is 16.1. The van der Waals surface area contributed by atoms with Gasteiger partial charge in [-0.1, -0.05) is 79.8 Å². The zero-order chi connectivity index (χ0) is 75.0. The van der Waals surface area contributed by atoms with Gasteiger partial charge in [0.1, 0.15) is 30.2 Å². The minimum Gasteiger partial charge on any atom is -0.490 e. The molecular weight excluding hydrogens is 1530 g/mol. The maximum Gasteiger partial charge on any atom is 0.332 e. The predicted octanol–water partition coefficient (Wildman–Crippen LogP) is 13.9. The molecule has 0 aliphatic carbocycles. The number of ether oxygens (including phenoxy) is 5. The second-order valence-corrected chi connectivity index (χ2v) is 31.9. The summed E-state index contributed by atoms with van der Waals surface area (Å²) in [6.45, 7) is 8.80. The molecule has 0 spiro atoms. The first kappa shape index (κ1) is 76.0. The Labute approximate surface area is 621 Å². The van der Waals surface area contributed by atoms with E-state index >= 15 is 0 Å². The fraction of sp³-hybridized carbons (Fsp3) is 0.281. The zero-order valence-electron chi connectivity index (χ0n) is 55.0. The first-order valence-corrected chi connectivity index (χ1v) is 37.5. The van der Waals surface area contributed by atoms with Crippen LogP contribution in [0.15, 0.2) is 113 Å². The van der Waals surface area contributed by atoms with Crippen LogP contribution in [0.1, 0.15) is 72.1 Å². The molecule has 30 nitrogen and oxygen atoms in total. The number of anilines is 3. The van der Waals surface area contributed by atoms with E-state index in [2.05, 4.69) is 85.1 Å². The Hall–Kier alpha value is -10.1. The molecule has 5 N–H and O–H groups in total. The Kier molecular flexibility index (Phi) is 24.1. The summed E-state index contributed by atoms with van der Waals surface area (Å²) in [5.41, 5.74) is 9.26. The lowest BCUT2D eigenvalue weighted by atomic mass is 10.00. The number of nitrogens with two attached hydrogens (primary N) is 1. The van der Waals surface area contributed by atoms with E-state index in [4.69, 9.17) is 99.0 Å². The molecule has 41 heteroatoms. The van der Waals surface area contributed by atoms with Gasteiger partial charge in [-0.25, -0.2) is 52.1 Å². The average Bonchev–Trinajstić information content (AvgIpc) is 1.62.